The lowest BCUT2D eigenvalue weighted by Crippen LogP contribution is -2.55. The van der Waals surface area contributed by atoms with Gasteiger partial charge in [0.2, 0.25) is 5.91 Å². The molecule has 0 radical (unpaired) electrons. The van der Waals surface area contributed by atoms with Crippen LogP contribution in [0.5, 0.6) is 0 Å². The summed E-state index contributed by atoms with van der Waals surface area (Å²) in [4.78, 5) is 45.1. The number of hydrogen-bond donors (Lipinski definition) is 2. The van der Waals surface area contributed by atoms with Crippen molar-refractivity contribution in [3.8, 4) is 10.6 Å². The van der Waals surface area contributed by atoms with Crippen molar-refractivity contribution >= 4 is 40.7 Å². The number of carbonyl (C=O) groups is 3. The molecule has 2 amide bonds. The number of ether oxygens (including phenoxy) is 1. The van der Waals surface area contributed by atoms with E-state index in [0.717, 1.165) is 12.0 Å². The van der Waals surface area contributed by atoms with Crippen LogP contribution < -0.4 is 10.6 Å². The smallest absolute Gasteiger partial charge is 0.310 e. The van der Waals surface area contributed by atoms with Gasteiger partial charge in [-0.1, -0.05) is 23.7 Å². The number of halogens is 1. The first-order valence-corrected chi connectivity index (χ1v) is 13.5. The third-order valence-electron chi connectivity index (χ3n) is 6.73. The number of hydrogen-bond acceptors (Lipinski definition) is 7. The van der Waals surface area contributed by atoms with E-state index in [1.807, 2.05) is 12.1 Å². The van der Waals surface area contributed by atoms with Crippen molar-refractivity contribution in [1.82, 2.24) is 20.5 Å². The maximum atomic E-state index is 13.3. The zero-order valence-electron chi connectivity index (χ0n) is 21.0. The quantitative estimate of drug-likeness (QED) is 0.547. The Morgan fingerprint density at radius 1 is 1.17 bits per heavy atom. The number of rotatable bonds is 6. The van der Waals surface area contributed by atoms with E-state index >= 15 is 0 Å². The van der Waals surface area contributed by atoms with Gasteiger partial charge in [-0.2, -0.15) is 0 Å². The summed E-state index contributed by atoms with van der Waals surface area (Å²) in [5, 5.41) is 9.45. The molecule has 2 aliphatic rings. The zero-order chi connectivity index (χ0) is 26.0. The van der Waals surface area contributed by atoms with Crippen LogP contribution in [0, 0.1) is 5.92 Å². The van der Waals surface area contributed by atoms with Crippen molar-refractivity contribution in [3.05, 3.63) is 40.4 Å². The van der Waals surface area contributed by atoms with Gasteiger partial charge in [0.1, 0.15) is 16.7 Å². The van der Waals surface area contributed by atoms with E-state index in [2.05, 4.69) is 36.4 Å². The van der Waals surface area contributed by atoms with Crippen molar-refractivity contribution in [3.63, 3.8) is 0 Å². The number of benzene rings is 1. The van der Waals surface area contributed by atoms with Crippen LogP contribution in [0.4, 0.5) is 0 Å². The third-order valence-corrected chi connectivity index (χ3v) is 7.87. The van der Waals surface area contributed by atoms with E-state index in [-0.39, 0.29) is 41.1 Å². The average molecular weight is 533 g/mol. The highest BCUT2D eigenvalue weighted by atomic mass is 35.5. The van der Waals surface area contributed by atoms with E-state index in [1.165, 1.54) is 18.4 Å². The van der Waals surface area contributed by atoms with Gasteiger partial charge in [0, 0.05) is 40.1 Å². The van der Waals surface area contributed by atoms with Gasteiger partial charge in [-0.05, 0) is 58.6 Å². The largest absolute Gasteiger partial charge is 0.469 e. The second-order valence-electron chi connectivity index (χ2n) is 10.5. The molecule has 1 saturated carbocycles. The normalized spacial score (nSPS) is 24.6. The van der Waals surface area contributed by atoms with E-state index in [0.29, 0.717) is 35.8 Å². The Bertz CT molecular complexity index is 1110. The molecule has 1 unspecified atom stereocenters. The number of nitrogens with one attached hydrogen (secondary N) is 2. The SMILES string of the molecule is COC(=O)[C@@H]1C[C@H](NC(C)(C)C)CC[C@@H]1N1CCC(NC(=O)c2csc(-c3ccc(Cl)cc3)n2)C1=O. The highest BCUT2D eigenvalue weighted by Crippen LogP contribution is 2.33. The summed E-state index contributed by atoms with van der Waals surface area (Å²) in [5.74, 6) is -1.23. The number of methoxy groups -OCH3 is 1. The number of carbonyl (C=O) groups excluding carboxylic acids is 3. The Labute approximate surface area is 220 Å². The summed E-state index contributed by atoms with van der Waals surface area (Å²) >= 11 is 7.31. The van der Waals surface area contributed by atoms with E-state index in [9.17, 15) is 14.4 Å². The molecular weight excluding hydrogens is 500 g/mol. The predicted octanol–water partition coefficient (Wildman–Crippen LogP) is 3.89. The zero-order valence-corrected chi connectivity index (χ0v) is 22.6. The first kappa shape index (κ1) is 26.6. The summed E-state index contributed by atoms with van der Waals surface area (Å²) in [6.07, 6.45) is 2.67. The van der Waals surface area contributed by atoms with E-state index in [1.54, 1.807) is 22.4 Å². The molecule has 1 saturated heterocycles. The van der Waals surface area contributed by atoms with Gasteiger partial charge >= 0.3 is 5.97 Å². The summed E-state index contributed by atoms with van der Waals surface area (Å²) in [5.41, 5.74) is 1.08. The van der Waals surface area contributed by atoms with Gasteiger partial charge in [-0.3, -0.25) is 14.4 Å². The number of likely N-dealkylation sites (tertiary alicyclic amines) is 1. The van der Waals surface area contributed by atoms with Crippen molar-refractivity contribution in [1.29, 1.82) is 0 Å². The predicted molar refractivity (Wildman–Crippen MR) is 140 cm³/mol. The molecule has 0 spiro atoms. The molecule has 10 heteroatoms. The molecule has 1 aromatic carbocycles. The highest BCUT2D eigenvalue weighted by Gasteiger charge is 2.45. The molecule has 1 aromatic heterocycles. The lowest BCUT2D eigenvalue weighted by atomic mass is 9.80. The van der Waals surface area contributed by atoms with Crippen LogP contribution in [0.3, 0.4) is 0 Å². The lowest BCUT2D eigenvalue weighted by molar-refractivity contribution is -0.151. The molecular formula is C26H33ClN4O4S. The Morgan fingerprint density at radius 3 is 2.56 bits per heavy atom. The first-order chi connectivity index (χ1) is 17.1. The maximum absolute atomic E-state index is 13.3. The van der Waals surface area contributed by atoms with E-state index in [4.69, 9.17) is 16.3 Å². The van der Waals surface area contributed by atoms with Crippen LogP contribution >= 0.6 is 22.9 Å². The van der Waals surface area contributed by atoms with Gasteiger partial charge in [0.15, 0.2) is 0 Å². The summed E-state index contributed by atoms with van der Waals surface area (Å²) in [6.45, 7) is 6.80. The highest BCUT2D eigenvalue weighted by molar-refractivity contribution is 7.13. The maximum Gasteiger partial charge on any atom is 0.310 e. The van der Waals surface area contributed by atoms with Crippen LogP contribution in [0.25, 0.3) is 10.6 Å². The first-order valence-electron chi connectivity index (χ1n) is 12.2. The Hall–Kier alpha value is -2.49. The topological polar surface area (TPSA) is 101 Å². The molecule has 1 aliphatic carbocycles. The molecule has 194 valence electrons. The Kier molecular flexibility index (Phi) is 8.02. The number of amides is 2. The average Bonchev–Trinajstić information content (AvgIpc) is 3.46. The van der Waals surface area contributed by atoms with Crippen LogP contribution in [-0.4, -0.2) is 65.0 Å². The minimum atomic E-state index is -0.637. The molecule has 8 nitrogen and oxygen atoms in total. The molecule has 0 bridgehead atoms. The Balaban J connectivity index is 1.40. The number of nitrogens with zero attached hydrogens (tertiary/aromatic N) is 2. The second-order valence-corrected chi connectivity index (χ2v) is 11.8. The molecule has 1 aliphatic heterocycles. The molecule has 36 heavy (non-hydrogen) atoms. The van der Waals surface area contributed by atoms with Gasteiger partial charge in [0.25, 0.3) is 5.91 Å². The van der Waals surface area contributed by atoms with Crippen molar-refractivity contribution < 1.29 is 19.1 Å². The fraction of sp³-hybridized carbons (Fsp3) is 0.538. The molecule has 2 fully saturated rings. The van der Waals surface area contributed by atoms with Gasteiger partial charge < -0.3 is 20.3 Å². The van der Waals surface area contributed by atoms with Crippen LogP contribution in [0.15, 0.2) is 29.6 Å². The third kappa shape index (κ3) is 6.07. The second kappa shape index (κ2) is 10.9. The molecule has 2 aromatic rings. The summed E-state index contributed by atoms with van der Waals surface area (Å²) < 4.78 is 5.10. The van der Waals surface area contributed by atoms with Gasteiger partial charge in [0.05, 0.1) is 13.0 Å². The summed E-state index contributed by atoms with van der Waals surface area (Å²) in [7, 11) is 1.39. The fourth-order valence-electron chi connectivity index (χ4n) is 5.18. The molecule has 2 heterocycles. The number of aromatic nitrogens is 1. The Morgan fingerprint density at radius 2 is 1.89 bits per heavy atom. The minimum absolute atomic E-state index is 0.0693. The van der Waals surface area contributed by atoms with Crippen molar-refractivity contribution in [2.75, 3.05) is 13.7 Å². The fourth-order valence-corrected chi connectivity index (χ4v) is 6.11. The number of thiazole rings is 1. The molecule has 4 atom stereocenters. The van der Waals surface area contributed by atoms with Crippen molar-refractivity contribution in [2.45, 2.75) is 70.1 Å². The van der Waals surface area contributed by atoms with E-state index < -0.39 is 12.0 Å². The van der Waals surface area contributed by atoms with Gasteiger partial charge in [-0.15, -0.1) is 11.3 Å². The van der Waals surface area contributed by atoms with Gasteiger partial charge in [-0.25, -0.2) is 4.98 Å². The van der Waals surface area contributed by atoms with Crippen molar-refractivity contribution in [2.24, 2.45) is 5.92 Å². The standard InChI is InChI=1S/C26H33ClN4O4S/c1-26(2,3)30-17-9-10-21(18(13-17)25(34)35-4)31-12-11-19(24(31)33)28-22(32)20-14-36-23(29-20)15-5-7-16(27)8-6-15/h5-8,14,17-19,21,30H,9-13H2,1-4H3,(H,28,32)/t17-,18-,19?,21+/m1/s1. The van der Waals surface area contributed by atoms with Crippen LogP contribution in [0.1, 0.15) is 56.9 Å². The number of esters is 1. The minimum Gasteiger partial charge on any atom is -0.469 e. The van der Waals surface area contributed by atoms with Crippen LogP contribution in [0.2, 0.25) is 5.02 Å². The molecule has 4 rings (SSSR count). The monoisotopic (exact) mass is 532 g/mol. The van der Waals surface area contributed by atoms with Crippen LogP contribution in [-0.2, 0) is 14.3 Å². The lowest BCUT2D eigenvalue weighted by Gasteiger charge is -2.41. The molecule has 2 N–H and O–H groups in total. The summed E-state index contributed by atoms with van der Waals surface area (Å²) in [6, 6.07) is 6.56.